The zero-order valence-corrected chi connectivity index (χ0v) is 12.0. The van der Waals surface area contributed by atoms with Gasteiger partial charge in [-0.1, -0.05) is 13.3 Å². The second kappa shape index (κ2) is 8.06. The fourth-order valence-corrected chi connectivity index (χ4v) is 2.46. The number of nitrogens with zero attached hydrogens (tertiary/aromatic N) is 1. The Kier molecular flexibility index (Phi) is 7.09. The van der Waals surface area contributed by atoms with Crippen LogP contribution in [0, 0.1) is 0 Å². The normalized spacial score (nSPS) is 24.2. The van der Waals surface area contributed by atoms with E-state index < -0.39 is 0 Å². The van der Waals surface area contributed by atoms with E-state index in [2.05, 4.69) is 38.0 Å². The molecule has 102 valence electrons. The maximum atomic E-state index is 5.61. The van der Waals surface area contributed by atoms with Crippen molar-refractivity contribution in [3.8, 4) is 0 Å². The van der Waals surface area contributed by atoms with Crippen LogP contribution in [0.25, 0.3) is 0 Å². The van der Waals surface area contributed by atoms with E-state index in [-0.39, 0.29) is 0 Å². The van der Waals surface area contributed by atoms with Crippen LogP contribution in [0.15, 0.2) is 0 Å². The van der Waals surface area contributed by atoms with Gasteiger partial charge in [0.15, 0.2) is 0 Å². The van der Waals surface area contributed by atoms with Gasteiger partial charge >= 0.3 is 0 Å². The Morgan fingerprint density at radius 2 is 2.12 bits per heavy atom. The molecule has 17 heavy (non-hydrogen) atoms. The SMILES string of the molecule is CCCC(C)N(C)C(C)CNCC1CCCO1. The molecule has 1 aliphatic rings. The third-order valence-electron chi connectivity index (χ3n) is 3.93. The van der Waals surface area contributed by atoms with Gasteiger partial charge in [-0.05, 0) is 40.2 Å². The highest BCUT2D eigenvalue weighted by Gasteiger charge is 2.17. The molecule has 0 amide bonds. The third kappa shape index (κ3) is 5.36. The van der Waals surface area contributed by atoms with Crippen LogP contribution >= 0.6 is 0 Å². The van der Waals surface area contributed by atoms with E-state index in [1.165, 1.54) is 25.7 Å². The lowest BCUT2D eigenvalue weighted by molar-refractivity contribution is 0.106. The lowest BCUT2D eigenvalue weighted by atomic mass is 10.1. The van der Waals surface area contributed by atoms with E-state index in [4.69, 9.17) is 4.74 Å². The van der Waals surface area contributed by atoms with Crippen molar-refractivity contribution in [2.24, 2.45) is 0 Å². The standard InChI is InChI=1S/C14H30N2O/c1-5-7-12(2)16(4)13(3)10-15-11-14-8-6-9-17-14/h12-15H,5-11H2,1-4H3. The van der Waals surface area contributed by atoms with Gasteiger partial charge in [-0.2, -0.15) is 0 Å². The molecule has 3 atom stereocenters. The molecule has 1 saturated heterocycles. The zero-order valence-electron chi connectivity index (χ0n) is 12.0. The summed E-state index contributed by atoms with van der Waals surface area (Å²) in [4.78, 5) is 2.48. The number of nitrogens with one attached hydrogen (secondary N) is 1. The first-order valence-corrected chi connectivity index (χ1v) is 7.19. The van der Waals surface area contributed by atoms with Gasteiger partial charge in [0.05, 0.1) is 6.10 Å². The van der Waals surface area contributed by atoms with E-state index in [1.807, 2.05) is 0 Å². The lowest BCUT2D eigenvalue weighted by Gasteiger charge is -2.31. The molecule has 0 aromatic heterocycles. The van der Waals surface area contributed by atoms with Crippen LogP contribution in [0.4, 0.5) is 0 Å². The molecule has 1 fully saturated rings. The van der Waals surface area contributed by atoms with Crippen LogP contribution in [-0.2, 0) is 4.74 Å². The van der Waals surface area contributed by atoms with Gasteiger partial charge in [0.1, 0.15) is 0 Å². The quantitative estimate of drug-likeness (QED) is 0.706. The highest BCUT2D eigenvalue weighted by atomic mass is 16.5. The van der Waals surface area contributed by atoms with Gasteiger partial charge in [-0.25, -0.2) is 0 Å². The predicted octanol–water partition coefficient (Wildman–Crippen LogP) is 2.26. The molecule has 0 aliphatic carbocycles. The van der Waals surface area contributed by atoms with Crippen molar-refractivity contribution in [2.45, 2.75) is 64.6 Å². The van der Waals surface area contributed by atoms with Crippen molar-refractivity contribution in [3.63, 3.8) is 0 Å². The Hall–Kier alpha value is -0.120. The van der Waals surface area contributed by atoms with E-state index in [1.54, 1.807) is 0 Å². The molecule has 0 spiro atoms. The summed E-state index contributed by atoms with van der Waals surface area (Å²) in [7, 11) is 2.23. The summed E-state index contributed by atoms with van der Waals surface area (Å²) in [6, 6.07) is 1.28. The summed E-state index contributed by atoms with van der Waals surface area (Å²) in [5, 5.41) is 3.54. The predicted molar refractivity (Wildman–Crippen MR) is 73.4 cm³/mol. The fourth-order valence-electron chi connectivity index (χ4n) is 2.46. The lowest BCUT2D eigenvalue weighted by Crippen LogP contribution is -2.44. The summed E-state index contributed by atoms with van der Waals surface area (Å²) in [6.07, 6.45) is 5.47. The van der Waals surface area contributed by atoms with E-state index >= 15 is 0 Å². The molecular weight excluding hydrogens is 212 g/mol. The monoisotopic (exact) mass is 242 g/mol. The van der Waals surface area contributed by atoms with Gasteiger partial charge in [0.2, 0.25) is 0 Å². The van der Waals surface area contributed by atoms with Crippen LogP contribution < -0.4 is 5.32 Å². The topological polar surface area (TPSA) is 24.5 Å². The summed E-state index contributed by atoms with van der Waals surface area (Å²) in [5.74, 6) is 0. The fraction of sp³-hybridized carbons (Fsp3) is 1.00. The van der Waals surface area contributed by atoms with Gasteiger partial charge in [-0.15, -0.1) is 0 Å². The Bertz CT molecular complexity index is 193. The minimum absolute atomic E-state index is 0.459. The average molecular weight is 242 g/mol. The van der Waals surface area contributed by atoms with Gasteiger partial charge in [-0.3, -0.25) is 4.90 Å². The largest absolute Gasteiger partial charge is 0.377 e. The highest BCUT2D eigenvalue weighted by Crippen LogP contribution is 2.11. The first kappa shape index (κ1) is 14.9. The minimum Gasteiger partial charge on any atom is -0.377 e. The van der Waals surface area contributed by atoms with E-state index in [9.17, 15) is 0 Å². The van der Waals surface area contributed by atoms with Gasteiger partial charge in [0.25, 0.3) is 0 Å². The highest BCUT2D eigenvalue weighted by molar-refractivity contribution is 4.74. The number of rotatable bonds is 8. The summed E-state index contributed by atoms with van der Waals surface area (Å²) in [5.41, 5.74) is 0. The molecule has 3 heteroatoms. The molecule has 0 bridgehead atoms. The molecule has 0 radical (unpaired) electrons. The number of likely N-dealkylation sites (N-methyl/N-ethyl adjacent to an activating group) is 1. The molecule has 0 aromatic carbocycles. The molecular formula is C14H30N2O. The van der Waals surface area contributed by atoms with E-state index in [0.717, 1.165) is 19.7 Å². The van der Waals surface area contributed by atoms with Crippen LogP contribution in [0.1, 0.15) is 46.5 Å². The number of hydrogen-bond donors (Lipinski definition) is 1. The van der Waals surface area contributed by atoms with Crippen molar-refractivity contribution >= 4 is 0 Å². The van der Waals surface area contributed by atoms with Crippen molar-refractivity contribution in [1.82, 2.24) is 10.2 Å². The molecule has 3 nitrogen and oxygen atoms in total. The van der Waals surface area contributed by atoms with Crippen LogP contribution in [0.2, 0.25) is 0 Å². The Labute approximate surface area is 107 Å². The second-order valence-electron chi connectivity index (χ2n) is 5.45. The molecule has 1 rings (SSSR count). The molecule has 0 saturated carbocycles. The first-order chi connectivity index (χ1) is 8.15. The number of ether oxygens (including phenoxy) is 1. The summed E-state index contributed by atoms with van der Waals surface area (Å²) < 4.78 is 5.61. The Morgan fingerprint density at radius 1 is 1.35 bits per heavy atom. The maximum absolute atomic E-state index is 5.61. The van der Waals surface area contributed by atoms with Crippen LogP contribution in [0.5, 0.6) is 0 Å². The summed E-state index contributed by atoms with van der Waals surface area (Å²) >= 11 is 0. The molecule has 1 heterocycles. The van der Waals surface area contributed by atoms with Crippen LogP contribution in [-0.4, -0.2) is 49.8 Å². The third-order valence-corrected chi connectivity index (χ3v) is 3.93. The smallest absolute Gasteiger partial charge is 0.0700 e. The average Bonchev–Trinajstić information content (AvgIpc) is 2.81. The number of hydrogen-bond acceptors (Lipinski definition) is 3. The Balaban J connectivity index is 2.12. The van der Waals surface area contributed by atoms with E-state index in [0.29, 0.717) is 18.2 Å². The van der Waals surface area contributed by atoms with Crippen molar-refractivity contribution in [1.29, 1.82) is 0 Å². The second-order valence-corrected chi connectivity index (χ2v) is 5.45. The molecule has 0 aromatic rings. The molecule has 1 aliphatic heterocycles. The summed E-state index contributed by atoms with van der Waals surface area (Å²) in [6.45, 7) is 9.90. The Morgan fingerprint density at radius 3 is 2.71 bits per heavy atom. The molecule has 1 N–H and O–H groups in total. The van der Waals surface area contributed by atoms with Gasteiger partial charge < -0.3 is 10.1 Å². The molecule has 3 unspecified atom stereocenters. The van der Waals surface area contributed by atoms with Crippen molar-refractivity contribution < 1.29 is 4.74 Å². The first-order valence-electron chi connectivity index (χ1n) is 7.19. The zero-order chi connectivity index (χ0) is 12.7. The minimum atomic E-state index is 0.459. The maximum Gasteiger partial charge on any atom is 0.0700 e. The van der Waals surface area contributed by atoms with Crippen LogP contribution in [0.3, 0.4) is 0 Å². The van der Waals surface area contributed by atoms with Crippen molar-refractivity contribution in [2.75, 3.05) is 26.7 Å². The van der Waals surface area contributed by atoms with Gasteiger partial charge in [0, 0.05) is 31.8 Å². The van der Waals surface area contributed by atoms with Crippen molar-refractivity contribution in [3.05, 3.63) is 0 Å².